The lowest BCUT2D eigenvalue weighted by Gasteiger charge is -2.31. The molecule has 2 aromatic carbocycles. The van der Waals surface area contributed by atoms with Crippen LogP contribution in [0, 0.1) is 0 Å². The van der Waals surface area contributed by atoms with E-state index in [-0.39, 0.29) is 5.91 Å². The standard InChI is InChI=1S/C22H25ClN2O3/c1-27-20-13-17(14-21(15-20)28-2)6-7-22(26)25-10-8-24(9-11-25)16-18-4-3-5-19(23)12-18/h3-7,12-15H,8-11,16H2,1-2H3/p+1/b7-6+. The summed E-state index contributed by atoms with van der Waals surface area (Å²) in [4.78, 5) is 15.9. The molecule has 0 atom stereocenters. The number of halogens is 1. The van der Waals surface area contributed by atoms with E-state index in [4.69, 9.17) is 21.1 Å². The van der Waals surface area contributed by atoms with Gasteiger partial charge in [-0.25, -0.2) is 0 Å². The van der Waals surface area contributed by atoms with Crippen LogP contribution in [0.5, 0.6) is 11.5 Å². The molecule has 6 heteroatoms. The highest BCUT2D eigenvalue weighted by atomic mass is 35.5. The molecule has 148 valence electrons. The average Bonchev–Trinajstić information content (AvgIpc) is 2.72. The minimum absolute atomic E-state index is 0.0311. The van der Waals surface area contributed by atoms with Gasteiger partial charge in [0.15, 0.2) is 0 Å². The first kappa shape index (κ1) is 20.2. The van der Waals surface area contributed by atoms with Crippen LogP contribution in [-0.4, -0.2) is 51.2 Å². The van der Waals surface area contributed by atoms with Crippen LogP contribution in [0.4, 0.5) is 0 Å². The maximum absolute atomic E-state index is 12.5. The van der Waals surface area contributed by atoms with E-state index < -0.39 is 0 Å². The van der Waals surface area contributed by atoms with Crippen molar-refractivity contribution in [3.8, 4) is 11.5 Å². The van der Waals surface area contributed by atoms with E-state index >= 15 is 0 Å². The number of ether oxygens (including phenoxy) is 2. The van der Waals surface area contributed by atoms with Crippen LogP contribution in [0.2, 0.25) is 5.02 Å². The van der Waals surface area contributed by atoms with E-state index in [9.17, 15) is 4.79 Å². The zero-order valence-corrected chi connectivity index (χ0v) is 17.0. The number of rotatable bonds is 6. The Morgan fingerprint density at radius 2 is 1.79 bits per heavy atom. The van der Waals surface area contributed by atoms with Crippen molar-refractivity contribution in [1.29, 1.82) is 0 Å². The molecule has 1 aliphatic heterocycles. The predicted octanol–water partition coefficient (Wildman–Crippen LogP) is 2.30. The Labute approximate surface area is 171 Å². The highest BCUT2D eigenvalue weighted by molar-refractivity contribution is 6.30. The number of carbonyl (C=O) groups is 1. The summed E-state index contributed by atoms with van der Waals surface area (Å²) >= 11 is 6.07. The Balaban J connectivity index is 1.54. The number of amides is 1. The van der Waals surface area contributed by atoms with Crippen molar-refractivity contribution >= 4 is 23.6 Å². The number of carbonyl (C=O) groups excluding carboxylic acids is 1. The van der Waals surface area contributed by atoms with Crippen LogP contribution in [-0.2, 0) is 11.3 Å². The topological polar surface area (TPSA) is 43.2 Å². The van der Waals surface area contributed by atoms with Crippen molar-refractivity contribution in [1.82, 2.24) is 4.90 Å². The smallest absolute Gasteiger partial charge is 0.246 e. The van der Waals surface area contributed by atoms with Crippen molar-refractivity contribution < 1.29 is 19.2 Å². The highest BCUT2D eigenvalue weighted by Crippen LogP contribution is 2.23. The lowest BCUT2D eigenvalue weighted by atomic mass is 10.1. The van der Waals surface area contributed by atoms with Gasteiger partial charge in [0, 0.05) is 22.7 Å². The molecule has 3 rings (SSSR count). The third-order valence-electron chi connectivity index (χ3n) is 4.92. The molecular formula is C22H26ClN2O3+. The second-order valence-corrected chi connectivity index (χ2v) is 7.30. The summed E-state index contributed by atoms with van der Waals surface area (Å²) in [6.07, 6.45) is 3.43. The van der Waals surface area contributed by atoms with Gasteiger partial charge in [-0.05, 0) is 35.9 Å². The zero-order valence-electron chi connectivity index (χ0n) is 16.3. The van der Waals surface area contributed by atoms with Gasteiger partial charge in [0.1, 0.15) is 18.0 Å². The SMILES string of the molecule is COc1cc(/C=C/C(=O)N2CC[NH+](Cc3cccc(Cl)c3)CC2)cc(OC)c1. The number of nitrogens with one attached hydrogen (secondary N) is 1. The fourth-order valence-electron chi connectivity index (χ4n) is 3.35. The van der Waals surface area contributed by atoms with Crippen LogP contribution >= 0.6 is 11.6 Å². The van der Waals surface area contributed by atoms with E-state index in [1.54, 1.807) is 32.4 Å². The second kappa shape index (κ2) is 9.62. The van der Waals surface area contributed by atoms with E-state index in [2.05, 4.69) is 6.07 Å². The lowest BCUT2D eigenvalue weighted by Crippen LogP contribution is -3.13. The molecule has 1 heterocycles. The number of hydrogen-bond acceptors (Lipinski definition) is 3. The van der Waals surface area contributed by atoms with Gasteiger partial charge in [-0.2, -0.15) is 0 Å². The molecule has 2 aromatic rings. The largest absolute Gasteiger partial charge is 0.497 e. The molecule has 0 aliphatic carbocycles. The molecule has 0 aromatic heterocycles. The molecular weight excluding hydrogens is 376 g/mol. The summed E-state index contributed by atoms with van der Waals surface area (Å²) in [5.74, 6) is 1.43. The van der Waals surface area contributed by atoms with Crippen LogP contribution < -0.4 is 14.4 Å². The fraction of sp³-hybridized carbons (Fsp3) is 0.318. The Bertz CT molecular complexity index is 823. The molecule has 0 unspecified atom stereocenters. The minimum atomic E-state index is 0.0311. The van der Waals surface area contributed by atoms with Crippen molar-refractivity contribution in [2.45, 2.75) is 6.54 Å². The molecule has 1 aliphatic rings. The molecule has 0 saturated carbocycles. The first-order valence-corrected chi connectivity index (χ1v) is 9.73. The summed E-state index contributed by atoms with van der Waals surface area (Å²) in [5.41, 5.74) is 2.10. The second-order valence-electron chi connectivity index (χ2n) is 6.86. The summed E-state index contributed by atoms with van der Waals surface area (Å²) in [6.45, 7) is 4.29. The summed E-state index contributed by atoms with van der Waals surface area (Å²) < 4.78 is 10.5. The normalized spacial score (nSPS) is 15.0. The highest BCUT2D eigenvalue weighted by Gasteiger charge is 2.22. The van der Waals surface area contributed by atoms with E-state index in [0.717, 1.165) is 43.3 Å². The van der Waals surface area contributed by atoms with Crippen LogP contribution in [0.1, 0.15) is 11.1 Å². The summed E-state index contributed by atoms with van der Waals surface area (Å²) in [6, 6.07) is 13.5. The van der Waals surface area contributed by atoms with Gasteiger partial charge in [0.05, 0.1) is 40.4 Å². The monoisotopic (exact) mass is 401 g/mol. The van der Waals surface area contributed by atoms with Gasteiger partial charge < -0.3 is 19.3 Å². The van der Waals surface area contributed by atoms with Gasteiger partial charge in [-0.1, -0.05) is 23.7 Å². The first-order valence-electron chi connectivity index (χ1n) is 9.35. The Hall–Kier alpha value is -2.50. The number of quaternary nitrogens is 1. The fourth-order valence-corrected chi connectivity index (χ4v) is 3.57. The molecule has 0 bridgehead atoms. The van der Waals surface area contributed by atoms with Gasteiger partial charge >= 0.3 is 0 Å². The first-order chi connectivity index (χ1) is 13.6. The Morgan fingerprint density at radius 3 is 2.39 bits per heavy atom. The Kier molecular flexibility index (Phi) is 6.95. The third-order valence-corrected chi connectivity index (χ3v) is 5.15. The van der Waals surface area contributed by atoms with Gasteiger partial charge in [0.25, 0.3) is 0 Å². The molecule has 1 N–H and O–H groups in total. The molecule has 1 amide bonds. The zero-order chi connectivity index (χ0) is 19.9. The predicted molar refractivity (Wildman–Crippen MR) is 111 cm³/mol. The number of nitrogens with zero attached hydrogens (tertiary/aromatic N) is 1. The van der Waals surface area contributed by atoms with Crippen molar-refractivity contribution in [3.05, 3.63) is 64.7 Å². The molecule has 28 heavy (non-hydrogen) atoms. The van der Waals surface area contributed by atoms with Crippen LogP contribution in [0.15, 0.2) is 48.5 Å². The summed E-state index contributed by atoms with van der Waals surface area (Å²) in [7, 11) is 3.22. The maximum atomic E-state index is 12.5. The summed E-state index contributed by atoms with van der Waals surface area (Å²) in [5, 5.41) is 0.769. The maximum Gasteiger partial charge on any atom is 0.246 e. The molecule has 0 spiro atoms. The van der Waals surface area contributed by atoms with Gasteiger partial charge in [-0.3, -0.25) is 4.79 Å². The van der Waals surface area contributed by atoms with Crippen LogP contribution in [0.3, 0.4) is 0 Å². The molecule has 5 nitrogen and oxygen atoms in total. The van der Waals surface area contributed by atoms with Crippen molar-refractivity contribution in [2.24, 2.45) is 0 Å². The van der Waals surface area contributed by atoms with Gasteiger partial charge in [-0.15, -0.1) is 0 Å². The lowest BCUT2D eigenvalue weighted by molar-refractivity contribution is -0.917. The van der Waals surface area contributed by atoms with E-state index in [1.807, 2.05) is 35.2 Å². The number of hydrogen-bond donors (Lipinski definition) is 1. The number of benzene rings is 2. The van der Waals surface area contributed by atoms with E-state index in [0.29, 0.717) is 11.5 Å². The van der Waals surface area contributed by atoms with Crippen molar-refractivity contribution in [2.75, 3.05) is 40.4 Å². The number of piperazine rings is 1. The minimum Gasteiger partial charge on any atom is -0.497 e. The van der Waals surface area contributed by atoms with Crippen molar-refractivity contribution in [3.63, 3.8) is 0 Å². The number of methoxy groups -OCH3 is 2. The van der Waals surface area contributed by atoms with E-state index in [1.165, 1.54) is 10.5 Å². The molecule has 1 fully saturated rings. The third kappa shape index (κ3) is 5.50. The van der Waals surface area contributed by atoms with Gasteiger partial charge in [0.2, 0.25) is 5.91 Å². The molecule has 0 radical (unpaired) electrons. The Morgan fingerprint density at radius 1 is 1.11 bits per heavy atom. The molecule has 1 saturated heterocycles. The quantitative estimate of drug-likeness (QED) is 0.755. The average molecular weight is 402 g/mol. The van der Waals surface area contributed by atoms with Crippen LogP contribution in [0.25, 0.3) is 6.08 Å².